The Labute approximate surface area is 148 Å². The Morgan fingerprint density at radius 2 is 2.17 bits per heavy atom. The molecular formula is C15H25N5O2S2+2. The normalized spacial score (nSPS) is 14.4. The molecule has 0 spiro atoms. The number of hydrogen-bond donors (Lipinski definition) is 5. The minimum atomic E-state index is -3.59. The van der Waals surface area contributed by atoms with Gasteiger partial charge in [-0.3, -0.25) is 4.99 Å². The lowest BCUT2D eigenvalue weighted by Gasteiger charge is -2.12. The minimum Gasteiger partial charge on any atom is -0.357 e. The van der Waals surface area contributed by atoms with E-state index in [4.69, 9.17) is 12.2 Å². The van der Waals surface area contributed by atoms with Crippen molar-refractivity contribution in [3.05, 3.63) is 24.3 Å². The molecule has 9 heteroatoms. The number of nitrogens with one attached hydrogen (secondary N) is 5. The molecule has 0 amide bonds. The number of anilines is 1. The lowest BCUT2D eigenvalue weighted by atomic mass is 10.3. The van der Waals surface area contributed by atoms with Crippen LogP contribution in [0.2, 0.25) is 0 Å². The highest BCUT2D eigenvalue weighted by Gasteiger charge is 2.24. The molecule has 1 aromatic carbocycles. The minimum absolute atomic E-state index is 0.203. The van der Waals surface area contributed by atoms with Crippen LogP contribution < -0.4 is 25.2 Å². The first kappa shape index (κ1) is 18.6. The zero-order valence-corrected chi connectivity index (χ0v) is 15.6. The second kappa shape index (κ2) is 8.41. The van der Waals surface area contributed by atoms with E-state index in [0.717, 1.165) is 32.5 Å². The Hall–Kier alpha value is -1.71. The molecule has 1 aromatic rings. The molecular weight excluding hydrogens is 346 g/mol. The van der Waals surface area contributed by atoms with E-state index in [0.29, 0.717) is 16.6 Å². The summed E-state index contributed by atoms with van der Waals surface area (Å²) in [7, 11) is 0.546. The van der Waals surface area contributed by atoms with Crippen molar-refractivity contribution in [1.82, 2.24) is 10.0 Å². The number of sulfonamides is 1. The van der Waals surface area contributed by atoms with Crippen molar-refractivity contribution in [3.63, 3.8) is 0 Å². The van der Waals surface area contributed by atoms with Gasteiger partial charge in [-0.2, -0.15) is 13.1 Å². The van der Waals surface area contributed by atoms with Crippen molar-refractivity contribution in [2.75, 3.05) is 39.0 Å². The Morgan fingerprint density at radius 3 is 2.83 bits per heavy atom. The predicted molar refractivity (Wildman–Crippen MR) is 98.7 cm³/mol. The van der Waals surface area contributed by atoms with Gasteiger partial charge in [0.05, 0.1) is 40.2 Å². The van der Waals surface area contributed by atoms with E-state index < -0.39 is 10.0 Å². The van der Waals surface area contributed by atoms with Crippen molar-refractivity contribution in [3.8, 4) is 0 Å². The second-order valence-electron chi connectivity index (χ2n) is 5.98. The Bertz CT molecular complexity index is 716. The molecule has 0 aromatic heterocycles. The third-order valence-corrected chi connectivity index (χ3v) is 5.15. The summed E-state index contributed by atoms with van der Waals surface area (Å²) in [6, 6.07) is 6.61. The van der Waals surface area contributed by atoms with Gasteiger partial charge in [-0.15, -0.1) is 0 Å². The first-order chi connectivity index (χ1) is 11.4. The topological polar surface area (TPSA) is 88.6 Å². The van der Waals surface area contributed by atoms with Gasteiger partial charge in [-0.1, -0.05) is 6.07 Å². The summed E-state index contributed by atoms with van der Waals surface area (Å²) < 4.78 is 27.4. The molecule has 5 N–H and O–H groups in total. The summed E-state index contributed by atoms with van der Waals surface area (Å²) in [5, 5.41) is 6.60. The summed E-state index contributed by atoms with van der Waals surface area (Å²) >= 11 is 5.23. The van der Waals surface area contributed by atoms with Gasteiger partial charge in [0.15, 0.2) is 5.11 Å². The molecule has 0 radical (unpaired) electrons. The molecule has 0 saturated heterocycles. The summed E-state index contributed by atoms with van der Waals surface area (Å²) in [4.78, 5) is 4.56. The van der Waals surface area contributed by atoms with E-state index in [1.54, 1.807) is 24.3 Å². The van der Waals surface area contributed by atoms with Gasteiger partial charge in [0.2, 0.25) is 0 Å². The summed E-state index contributed by atoms with van der Waals surface area (Å²) in [6.07, 6.45) is 1.66. The monoisotopic (exact) mass is 371 g/mol. The zero-order valence-electron chi connectivity index (χ0n) is 14.0. The highest BCUT2D eigenvalue weighted by atomic mass is 32.2. The third-order valence-electron chi connectivity index (χ3n) is 3.51. The fraction of sp³-hybridized carbons (Fsp3) is 0.467. The summed E-state index contributed by atoms with van der Waals surface area (Å²) in [6.45, 7) is 2.48. The maximum atomic E-state index is 12.4. The van der Waals surface area contributed by atoms with Crippen LogP contribution in [-0.2, 0) is 10.0 Å². The van der Waals surface area contributed by atoms with Crippen LogP contribution in [0, 0.1) is 0 Å². The van der Waals surface area contributed by atoms with E-state index in [2.05, 4.69) is 34.4 Å². The van der Waals surface area contributed by atoms with E-state index in [-0.39, 0.29) is 4.90 Å². The standard InChI is InChI=1S/C15H23N5O2S2/c1-20(2)10-9-17-15(23)18-12-5-3-6-13(11-12)24(21,22)19-14-7-4-8-16-14/h3,5-6,11H,4,7-10H2,1-2H3,(H,16,19)(H2,17,18,23)/p+2. The summed E-state index contributed by atoms with van der Waals surface area (Å²) in [5.74, 6) is 0.650. The van der Waals surface area contributed by atoms with Crippen LogP contribution in [0.15, 0.2) is 29.2 Å². The maximum absolute atomic E-state index is 12.4. The van der Waals surface area contributed by atoms with Gasteiger partial charge in [0.25, 0.3) is 5.84 Å². The van der Waals surface area contributed by atoms with Gasteiger partial charge in [-0.25, -0.2) is 0 Å². The highest BCUT2D eigenvalue weighted by molar-refractivity contribution is 7.90. The van der Waals surface area contributed by atoms with Crippen LogP contribution in [0.1, 0.15) is 12.8 Å². The van der Waals surface area contributed by atoms with Gasteiger partial charge < -0.3 is 15.5 Å². The Morgan fingerprint density at radius 1 is 1.38 bits per heavy atom. The van der Waals surface area contributed by atoms with Gasteiger partial charge in [0, 0.05) is 5.69 Å². The van der Waals surface area contributed by atoms with Crippen LogP contribution >= 0.6 is 12.2 Å². The fourth-order valence-corrected chi connectivity index (χ4v) is 3.62. The van der Waals surface area contributed by atoms with Crippen LogP contribution in [0.4, 0.5) is 5.69 Å². The molecule has 2 rings (SSSR count). The van der Waals surface area contributed by atoms with E-state index in [1.165, 1.54) is 4.90 Å². The number of benzene rings is 1. The molecule has 0 unspecified atom stereocenters. The van der Waals surface area contributed by atoms with E-state index in [9.17, 15) is 8.42 Å². The maximum Gasteiger partial charge on any atom is 0.328 e. The third kappa shape index (κ3) is 5.73. The molecule has 1 aliphatic heterocycles. The average molecular weight is 372 g/mol. The molecule has 0 atom stereocenters. The molecule has 0 aliphatic carbocycles. The summed E-state index contributed by atoms with van der Waals surface area (Å²) in [5.41, 5.74) is 0.636. The van der Waals surface area contributed by atoms with Crippen molar-refractivity contribution >= 4 is 38.9 Å². The number of quaternary nitrogens is 1. The van der Waals surface area contributed by atoms with Crippen LogP contribution in [0.25, 0.3) is 0 Å². The number of thiocarbonyl (C=S) groups is 1. The van der Waals surface area contributed by atoms with Crippen molar-refractivity contribution < 1.29 is 18.3 Å². The molecule has 132 valence electrons. The molecule has 0 saturated carbocycles. The van der Waals surface area contributed by atoms with Crippen LogP contribution in [0.5, 0.6) is 0 Å². The van der Waals surface area contributed by atoms with Gasteiger partial charge >= 0.3 is 10.0 Å². The van der Waals surface area contributed by atoms with Crippen molar-refractivity contribution in [2.45, 2.75) is 17.7 Å². The van der Waals surface area contributed by atoms with Gasteiger partial charge in [0.1, 0.15) is 4.90 Å². The Kier molecular flexibility index (Phi) is 6.52. The van der Waals surface area contributed by atoms with Gasteiger partial charge in [-0.05, 0) is 36.8 Å². The fourth-order valence-electron chi connectivity index (χ4n) is 2.24. The molecule has 24 heavy (non-hydrogen) atoms. The predicted octanol–water partition coefficient (Wildman–Crippen LogP) is -2.33. The van der Waals surface area contributed by atoms with Crippen molar-refractivity contribution in [2.24, 2.45) is 0 Å². The number of amidine groups is 1. The quantitative estimate of drug-likeness (QED) is 0.362. The zero-order chi connectivity index (χ0) is 17.6. The second-order valence-corrected chi connectivity index (χ2v) is 8.07. The molecule has 0 fully saturated rings. The van der Waals surface area contributed by atoms with Crippen LogP contribution in [-0.4, -0.2) is 53.1 Å². The van der Waals surface area contributed by atoms with Crippen molar-refractivity contribution in [1.29, 1.82) is 0 Å². The molecule has 1 heterocycles. The lowest BCUT2D eigenvalue weighted by molar-refractivity contribution is -0.856. The first-order valence-electron chi connectivity index (χ1n) is 7.93. The van der Waals surface area contributed by atoms with E-state index >= 15 is 0 Å². The molecule has 0 bridgehead atoms. The highest BCUT2D eigenvalue weighted by Crippen LogP contribution is 2.15. The SMILES string of the molecule is C[NH+](C)CCNC(=S)Nc1cccc(S(=O)(=O)NC2=[NH+]CCC2)c1. The largest absolute Gasteiger partial charge is 0.357 e. The Balaban J connectivity index is 1.99. The molecule has 1 aliphatic rings. The number of rotatable bonds is 6. The van der Waals surface area contributed by atoms with Crippen LogP contribution in [0.3, 0.4) is 0 Å². The lowest BCUT2D eigenvalue weighted by Crippen LogP contribution is -3.06. The molecule has 7 nitrogen and oxygen atoms in total. The van der Waals surface area contributed by atoms with E-state index in [1.807, 2.05) is 0 Å². The first-order valence-corrected chi connectivity index (χ1v) is 9.82. The average Bonchev–Trinajstić information content (AvgIpc) is 2.99. The number of hydrogen-bond acceptors (Lipinski definition) is 3. The number of likely N-dealkylation sites (N-methyl/N-ethyl adjacent to an activating group) is 1. The smallest absolute Gasteiger partial charge is 0.328 e.